The molecule has 1 aromatic carbocycles. The van der Waals surface area contributed by atoms with Crippen molar-refractivity contribution in [1.82, 2.24) is 10.2 Å². The molecule has 0 aromatic heterocycles. The van der Waals surface area contributed by atoms with Crippen LogP contribution in [0.25, 0.3) is 0 Å². The Balaban J connectivity index is 1.37. The highest BCUT2D eigenvalue weighted by Gasteiger charge is 2.47. The summed E-state index contributed by atoms with van der Waals surface area (Å²) in [6, 6.07) is 4.70. The van der Waals surface area contributed by atoms with Crippen LogP contribution >= 0.6 is 11.8 Å². The number of fused-ring (bicyclic) bond motifs is 2. The van der Waals surface area contributed by atoms with Crippen LogP contribution in [0.4, 0.5) is 4.39 Å². The molecule has 3 aliphatic rings. The molecular weight excluding hydrogens is 367 g/mol. The van der Waals surface area contributed by atoms with Gasteiger partial charge >= 0.3 is 0 Å². The minimum absolute atomic E-state index is 0.0885. The molecule has 1 aromatic rings. The van der Waals surface area contributed by atoms with E-state index in [2.05, 4.69) is 5.32 Å². The van der Waals surface area contributed by atoms with Crippen molar-refractivity contribution >= 4 is 29.5 Å². The number of amides is 3. The maximum atomic E-state index is 14.0. The fourth-order valence-electron chi connectivity index (χ4n) is 4.47. The molecule has 2 aliphatic heterocycles. The van der Waals surface area contributed by atoms with Gasteiger partial charge in [-0.05, 0) is 30.9 Å². The van der Waals surface area contributed by atoms with E-state index in [1.807, 2.05) is 6.07 Å². The van der Waals surface area contributed by atoms with Gasteiger partial charge in [-0.1, -0.05) is 25.0 Å². The predicted molar refractivity (Wildman–Crippen MR) is 99.4 cm³/mol. The smallest absolute Gasteiger partial charge is 0.233 e. The van der Waals surface area contributed by atoms with E-state index in [1.54, 1.807) is 6.07 Å². The second-order valence-electron chi connectivity index (χ2n) is 7.49. The van der Waals surface area contributed by atoms with Crippen LogP contribution in [0.15, 0.2) is 23.1 Å². The molecule has 2 fully saturated rings. The Morgan fingerprint density at radius 1 is 1.15 bits per heavy atom. The van der Waals surface area contributed by atoms with E-state index in [0.717, 1.165) is 43.4 Å². The maximum absolute atomic E-state index is 14.0. The third-order valence-corrected chi connectivity index (χ3v) is 7.02. The van der Waals surface area contributed by atoms with E-state index < -0.39 is 0 Å². The summed E-state index contributed by atoms with van der Waals surface area (Å²) in [6.45, 7) is 0.133. The second-order valence-corrected chi connectivity index (χ2v) is 8.60. The highest BCUT2D eigenvalue weighted by Crippen LogP contribution is 2.39. The van der Waals surface area contributed by atoms with Crippen molar-refractivity contribution < 1.29 is 18.8 Å². The Hall–Kier alpha value is -1.89. The number of hydrogen-bond donors (Lipinski definition) is 1. The van der Waals surface area contributed by atoms with Gasteiger partial charge in [-0.25, -0.2) is 4.39 Å². The van der Waals surface area contributed by atoms with E-state index in [4.69, 9.17) is 0 Å². The number of rotatable bonds is 4. The minimum Gasteiger partial charge on any atom is -0.349 e. The van der Waals surface area contributed by atoms with Crippen molar-refractivity contribution in [3.05, 3.63) is 29.6 Å². The summed E-state index contributed by atoms with van der Waals surface area (Å²) in [7, 11) is 0. The summed E-state index contributed by atoms with van der Waals surface area (Å²) in [5, 5.41) is 2.95. The number of carbonyl (C=O) groups is 3. The molecule has 4 rings (SSSR count). The van der Waals surface area contributed by atoms with E-state index >= 15 is 0 Å². The number of thioether (sulfide) groups is 1. The summed E-state index contributed by atoms with van der Waals surface area (Å²) >= 11 is 1.47. The molecule has 0 bridgehead atoms. The van der Waals surface area contributed by atoms with Crippen LogP contribution in [0, 0.1) is 17.7 Å². The van der Waals surface area contributed by atoms with Crippen LogP contribution in [-0.4, -0.2) is 34.9 Å². The van der Waals surface area contributed by atoms with Gasteiger partial charge in [0.05, 0.1) is 17.9 Å². The molecule has 7 heteroatoms. The zero-order valence-electron chi connectivity index (χ0n) is 15.1. The molecule has 5 nitrogen and oxygen atoms in total. The fraction of sp³-hybridized carbons (Fsp3) is 0.550. The normalized spacial score (nSPS) is 27.3. The summed E-state index contributed by atoms with van der Waals surface area (Å²) < 4.78 is 14.0. The SMILES string of the molecule is O=C(CCN1C(=O)[C@@H]2CCCC[C@H]2C1=O)N[C@H]1CCSc2c(F)cccc21. The van der Waals surface area contributed by atoms with E-state index in [1.165, 1.54) is 22.7 Å². The lowest BCUT2D eigenvalue weighted by Gasteiger charge is -2.26. The van der Waals surface area contributed by atoms with Gasteiger partial charge in [-0.15, -0.1) is 11.8 Å². The quantitative estimate of drug-likeness (QED) is 0.803. The average Bonchev–Trinajstić information content (AvgIpc) is 2.92. The molecule has 1 saturated heterocycles. The molecule has 0 unspecified atom stereocenters. The maximum Gasteiger partial charge on any atom is 0.233 e. The molecule has 1 N–H and O–H groups in total. The van der Waals surface area contributed by atoms with Crippen LogP contribution in [0.3, 0.4) is 0 Å². The highest BCUT2D eigenvalue weighted by molar-refractivity contribution is 7.99. The number of carbonyl (C=O) groups excluding carboxylic acids is 3. The first kappa shape index (κ1) is 18.5. The molecule has 1 saturated carbocycles. The van der Waals surface area contributed by atoms with Crippen LogP contribution in [0.5, 0.6) is 0 Å². The zero-order chi connectivity index (χ0) is 19.0. The van der Waals surface area contributed by atoms with Crippen LogP contribution in [-0.2, 0) is 14.4 Å². The highest BCUT2D eigenvalue weighted by atomic mass is 32.2. The second kappa shape index (κ2) is 7.62. The number of benzene rings is 1. The van der Waals surface area contributed by atoms with Gasteiger partial charge in [0.2, 0.25) is 17.7 Å². The van der Waals surface area contributed by atoms with E-state index in [9.17, 15) is 18.8 Å². The Morgan fingerprint density at radius 3 is 2.56 bits per heavy atom. The molecule has 1 aliphatic carbocycles. The molecule has 0 radical (unpaired) electrons. The van der Waals surface area contributed by atoms with Gasteiger partial charge < -0.3 is 5.32 Å². The first-order valence-electron chi connectivity index (χ1n) is 9.62. The first-order valence-corrected chi connectivity index (χ1v) is 10.6. The Kier molecular flexibility index (Phi) is 5.21. The summed E-state index contributed by atoms with van der Waals surface area (Å²) in [4.78, 5) is 39.3. The molecule has 144 valence electrons. The monoisotopic (exact) mass is 390 g/mol. The van der Waals surface area contributed by atoms with Gasteiger partial charge in [0.15, 0.2) is 0 Å². The zero-order valence-corrected chi connectivity index (χ0v) is 15.9. The minimum atomic E-state index is -0.257. The van der Waals surface area contributed by atoms with Crippen molar-refractivity contribution in [3.8, 4) is 0 Å². The van der Waals surface area contributed by atoms with Gasteiger partial charge in [-0.3, -0.25) is 19.3 Å². The van der Waals surface area contributed by atoms with Gasteiger partial charge in [-0.2, -0.15) is 0 Å². The predicted octanol–water partition coefficient (Wildman–Crippen LogP) is 3.04. The van der Waals surface area contributed by atoms with Crippen molar-refractivity contribution in [2.75, 3.05) is 12.3 Å². The van der Waals surface area contributed by atoms with Crippen LogP contribution in [0.1, 0.15) is 50.1 Å². The molecular formula is C20H23FN2O3S. The number of hydrogen-bond acceptors (Lipinski definition) is 4. The third-order valence-electron chi connectivity index (χ3n) is 5.86. The summed E-state index contributed by atoms with van der Waals surface area (Å²) in [5.41, 5.74) is 0.805. The largest absolute Gasteiger partial charge is 0.349 e. The lowest BCUT2D eigenvalue weighted by atomic mass is 9.81. The standard InChI is InChI=1S/C20H23FN2O3S/c21-15-7-3-6-14-16(9-11-27-18(14)15)22-17(24)8-10-23-19(25)12-4-1-2-5-13(12)20(23)26/h3,6-7,12-13,16H,1-2,4-5,8-11H2,(H,22,24)/t12-,13-,16+/m1/s1. The van der Waals surface area contributed by atoms with E-state index in [-0.39, 0.29) is 54.4 Å². The number of halogens is 1. The lowest BCUT2D eigenvalue weighted by molar-refractivity contribution is -0.140. The first-order chi connectivity index (χ1) is 13.1. The Morgan fingerprint density at radius 2 is 1.85 bits per heavy atom. The number of likely N-dealkylation sites (tertiary alicyclic amines) is 1. The number of imide groups is 1. The molecule has 3 amide bonds. The Bertz CT molecular complexity index is 760. The average molecular weight is 390 g/mol. The molecule has 0 spiro atoms. The third kappa shape index (κ3) is 3.49. The lowest BCUT2D eigenvalue weighted by Crippen LogP contribution is -2.37. The number of nitrogens with zero attached hydrogens (tertiary/aromatic N) is 1. The van der Waals surface area contributed by atoms with Crippen molar-refractivity contribution in [1.29, 1.82) is 0 Å². The van der Waals surface area contributed by atoms with Crippen LogP contribution in [0.2, 0.25) is 0 Å². The van der Waals surface area contributed by atoms with Gasteiger partial charge in [0.25, 0.3) is 0 Å². The van der Waals surface area contributed by atoms with Crippen LogP contribution < -0.4 is 5.32 Å². The summed E-state index contributed by atoms with van der Waals surface area (Å²) in [5.74, 6) is -0.312. The molecule has 3 atom stereocenters. The van der Waals surface area contributed by atoms with Gasteiger partial charge in [0.1, 0.15) is 5.82 Å². The van der Waals surface area contributed by atoms with Gasteiger partial charge in [0, 0.05) is 23.6 Å². The number of nitrogens with one attached hydrogen (secondary N) is 1. The fourth-order valence-corrected chi connectivity index (χ4v) is 5.61. The molecule has 2 heterocycles. The van der Waals surface area contributed by atoms with E-state index in [0.29, 0.717) is 4.90 Å². The Labute approximate surface area is 162 Å². The van der Waals surface area contributed by atoms with Crippen molar-refractivity contribution in [3.63, 3.8) is 0 Å². The molecule has 27 heavy (non-hydrogen) atoms. The van der Waals surface area contributed by atoms with Crippen molar-refractivity contribution in [2.45, 2.75) is 49.5 Å². The van der Waals surface area contributed by atoms with Crippen molar-refractivity contribution in [2.24, 2.45) is 11.8 Å². The topological polar surface area (TPSA) is 66.5 Å². The summed E-state index contributed by atoms with van der Waals surface area (Å²) in [6.07, 6.45) is 4.36.